The molecule has 0 amide bonds. The lowest BCUT2D eigenvalue weighted by atomic mass is 10.3. The number of rotatable bonds is 8. The lowest BCUT2D eigenvalue weighted by molar-refractivity contribution is 0.188. The number of hydrogen-bond acceptors (Lipinski definition) is 3. The fourth-order valence-electron chi connectivity index (χ4n) is 1.42. The maximum Gasteiger partial charge on any atom is 0.119 e. The van der Waals surface area contributed by atoms with Crippen molar-refractivity contribution < 1.29 is 9.47 Å². The molecule has 1 rings (SSSR count). The molecule has 0 saturated heterocycles. The number of benzene rings is 1. The number of hydrogen-bond donors (Lipinski definition) is 1. The Labute approximate surface area is 97.8 Å². The summed E-state index contributed by atoms with van der Waals surface area (Å²) >= 11 is 0. The van der Waals surface area contributed by atoms with E-state index < -0.39 is 0 Å². The molecule has 0 spiro atoms. The minimum absolute atomic E-state index is 0.185. The zero-order valence-corrected chi connectivity index (χ0v) is 10.1. The van der Waals surface area contributed by atoms with Crippen molar-refractivity contribution in [2.24, 2.45) is 0 Å². The molecule has 0 aromatic heterocycles. The molecule has 0 bridgehead atoms. The van der Waals surface area contributed by atoms with Gasteiger partial charge in [0, 0.05) is 20.3 Å². The van der Waals surface area contributed by atoms with Crippen LogP contribution in [0.1, 0.15) is 13.3 Å². The van der Waals surface area contributed by atoms with Gasteiger partial charge in [-0.1, -0.05) is 18.2 Å². The lowest BCUT2D eigenvalue weighted by Crippen LogP contribution is -2.30. The van der Waals surface area contributed by atoms with Crippen molar-refractivity contribution in [3.63, 3.8) is 0 Å². The lowest BCUT2D eigenvalue weighted by Gasteiger charge is -2.15. The van der Waals surface area contributed by atoms with Gasteiger partial charge in [-0.25, -0.2) is 0 Å². The van der Waals surface area contributed by atoms with E-state index in [1.807, 2.05) is 30.3 Å². The van der Waals surface area contributed by atoms with Crippen LogP contribution in [0, 0.1) is 0 Å². The molecule has 3 heteroatoms. The fraction of sp³-hybridized carbons (Fsp3) is 0.538. The summed E-state index contributed by atoms with van der Waals surface area (Å²) in [7, 11) is 1.72. The van der Waals surface area contributed by atoms with E-state index in [4.69, 9.17) is 9.47 Å². The highest BCUT2D eigenvalue weighted by molar-refractivity contribution is 5.21. The molecule has 0 radical (unpaired) electrons. The highest BCUT2D eigenvalue weighted by atomic mass is 16.5. The summed E-state index contributed by atoms with van der Waals surface area (Å²) < 4.78 is 10.7. The standard InChI is InChI=1S/C13H21NO2/c1-12(11-14-9-6-10-15-2)16-13-7-4-3-5-8-13/h3-5,7-8,12,14H,6,9-11H2,1-2H3. The van der Waals surface area contributed by atoms with E-state index in [2.05, 4.69) is 12.2 Å². The SMILES string of the molecule is COCCCNCC(C)Oc1ccccc1. The zero-order valence-electron chi connectivity index (χ0n) is 10.1. The summed E-state index contributed by atoms with van der Waals surface area (Å²) in [4.78, 5) is 0. The molecule has 0 aliphatic heterocycles. The third-order valence-electron chi connectivity index (χ3n) is 2.21. The average Bonchev–Trinajstić information content (AvgIpc) is 2.30. The van der Waals surface area contributed by atoms with E-state index in [1.54, 1.807) is 7.11 Å². The second-order valence-corrected chi connectivity index (χ2v) is 3.79. The van der Waals surface area contributed by atoms with Crippen LogP contribution in [-0.4, -0.2) is 32.9 Å². The van der Waals surface area contributed by atoms with Gasteiger partial charge in [-0.2, -0.15) is 0 Å². The van der Waals surface area contributed by atoms with Crippen LogP contribution in [0.4, 0.5) is 0 Å². The minimum atomic E-state index is 0.185. The molecule has 1 unspecified atom stereocenters. The topological polar surface area (TPSA) is 30.5 Å². The van der Waals surface area contributed by atoms with Gasteiger partial charge in [0.1, 0.15) is 11.9 Å². The molecule has 3 nitrogen and oxygen atoms in total. The number of ether oxygens (including phenoxy) is 2. The maximum absolute atomic E-state index is 5.73. The van der Waals surface area contributed by atoms with Crippen LogP contribution in [0.3, 0.4) is 0 Å². The predicted octanol–water partition coefficient (Wildman–Crippen LogP) is 2.08. The van der Waals surface area contributed by atoms with E-state index in [1.165, 1.54) is 0 Å². The monoisotopic (exact) mass is 223 g/mol. The first-order chi connectivity index (χ1) is 7.83. The van der Waals surface area contributed by atoms with Crippen molar-refractivity contribution in [2.75, 3.05) is 26.8 Å². The van der Waals surface area contributed by atoms with Crippen molar-refractivity contribution in [1.29, 1.82) is 0 Å². The summed E-state index contributed by atoms with van der Waals surface area (Å²) in [6.45, 7) is 4.70. The van der Waals surface area contributed by atoms with Gasteiger partial charge in [0.15, 0.2) is 0 Å². The molecular weight excluding hydrogens is 202 g/mol. The average molecular weight is 223 g/mol. The quantitative estimate of drug-likeness (QED) is 0.684. The number of para-hydroxylation sites is 1. The van der Waals surface area contributed by atoms with Gasteiger partial charge in [0.25, 0.3) is 0 Å². The first-order valence-electron chi connectivity index (χ1n) is 5.74. The molecule has 0 aliphatic carbocycles. The van der Waals surface area contributed by atoms with Gasteiger partial charge >= 0.3 is 0 Å². The van der Waals surface area contributed by atoms with Crippen molar-refractivity contribution in [1.82, 2.24) is 5.32 Å². The van der Waals surface area contributed by atoms with Crippen LogP contribution in [0.25, 0.3) is 0 Å². The predicted molar refractivity (Wildman–Crippen MR) is 65.9 cm³/mol. The fourth-order valence-corrected chi connectivity index (χ4v) is 1.42. The van der Waals surface area contributed by atoms with E-state index >= 15 is 0 Å². The Balaban J connectivity index is 2.09. The largest absolute Gasteiger partial charge is 0.489 e. The van der Waals surface area contributed by atoms with Gasteiger partial charge < -0.3 is 14.8 Å². The van der Waals surface area contributed by atoms with Crippen LogP contribution < -0.4 is 10.1 Å². The van der Waals surface area contributed by atoms with E-state index in [9.17, 15) is 0 Å². The van der Waals surface area contributed by atoms with Gasteiger partial charge in [-0.05, 0) is 32.0 Å². The van der Waals surface area contributed by atoms with Gasteiger partial charge in [0.2, 0.25) is 0 Å². The number of methoxy groups -OCH3 is 1. The van der Waals surface area contributed by atoms with E-state index in [0.717, 1.165) is 31.9 Å². The molecule has 1 aromatic rings. The highest BCUT2D eigenvalue weighted by Crippen LogP contribution is 2.10. The summed E-state index contributed by atoms with van der Waals surface area (Å²) in [5.74, 6) is 0.925. The van der Waals surface area contributed by atoms with E-state index in [0.29, 0.717) is 0 Å². The van der Waals surface area contributed by atoms with Crippen LogP contribution in [0.15, 0.2) is 30.3 Å². The molecule has 1 aromatic carbocycles. The van der Waals surface area contributed by atoms with Crippen molar-refractivity contribution in [3.05, 3.63) is 30.3 Å². The Kier molecular flexibility index (Phi) is 6.61. The molecule has 0 saturated carbocycles. The van der Waals surface area contributed by atoms with Crippen LogP contribution in [0.5, 0.6) is 5.75 Å². The summed E-state index contributed by atoms with van der Waals surface area (Å²) in [6, 6.07) is 9.89. The molecule has 1 atom stereocenters. The second-order valence-electron chi connectivity index (χ2n) is 3.79. The Morgan fingerprint density at radius 3 is 2.69 bits per heavy atom. The maximum atomic E-state index is 5.73. The van der Waals surface area contributed by atoms with Crippen LogP contribution >= 0.6 is 0 Å². The van der Waals surface area contributed by atoms with Gasteiger partial charge in [0.05, 0.1) is 0 Å². The van der Waals surface area contributed by atoms with Crippen molar-refractivity contribution in [2.45, 2.75) is 19.4 Å². The zero-order chi connectivity index (χ0) is 11.6. The molecule has 0 aliphatic rings. The number of nitrogens with one attached hydrogen (secondary N) is 1. The minimum Gasteiger partial charge on any atom is -0.489 e. The Morgan fingerprint density at radius 2 is 2.00 bits per heavy atom. The molecule has 90 valence electrons. The molecule has 16 heavy (non-hydrogen) atoms. The summed E-state index contributed by atoms with van der Waals surface area (Å²) in [5.41, 5.74) is 0. The smallest absolute Gasteiger partial charge is 0.119 e. The van der Waals surface area contributed by atoms with Crippen molar-refractivity contribution >= 4 is 0 Å². The van der Waals surface area contributed by atoms with Crippen LogP contribution in [-0.2, 0) is 4.74 Å². The molecule has 0 fully saturated rings. The summed E-state index contributed by atoms with van der Waals surface area (Å²) in [5, 5.41) is 3.34. The molecule has 0 heterocycles. The summed E-state index contributed by atoms with van der Waals surface area (Å²) in [6.07, 6.45) is 1.22. The third kappa shape index (κ3) is 5.73. The van der Waals surface area contributed by atoms with Gasteiger partial charge in [-0.15, -0.1) is 0 Å². The third-order valence-corrected chi connectivity index (χ3v) is 2.21. The Morgan fingerprint density at radius 1 is 1.25 bits per heavy atom. The molecular formula is C13H21NO2. The van der Waals surface area contributed by atoms with Crippen LogP contribution in [0.2, 0.25) is 0 Å². The Hall–Kier alpha value is -1.06. The van der Waals surface area contributed by atoms with Gasteiger partial charge in [-0.3, -0.25) is 0 Å². The van der Waals surface area contributed by atoms with E-state index in [-0.39, 0.29) is 6.10 Å². The first kappa shape index (κ1) is 13.0. The van der Waals surface area contributed by atoms with Crippen molar-refractivity contribution in [3.8, 4) is 5.75 Å². The Bertz CT molecular complexity index is 264. The second kappa shape index (κ2) is 8.13. The highest BCUT2D eigenvalue weighted by Gasteiger charge is 2.02. The first-order valence-corrected chi connectivity index (χ1v) is 5.74. The normalized spacial score (nSPS) is 12.4. The molecule has 1 N–H and O–H groups in total.